The van der Waals surface area contributed by atoms with Gasteiger partial charge in [-0.1, -0.05) is 0 Å². The molecule has 0 saturated heterocycles. The lowest BCUT2D eigenvalue weighted by Gasteiger charge is -2.07. The smallest absolute Gasteiger partial charge is 0.360 e. The minimum Gasteiger partial charge on any atom is -0.476 e. The van der Waals surface area contributed by atoms with Gasteiger partial charge in [-0.15, -0.1) is 0 Å². The third-order valence-corrected chi connectivity index (χ3v) is 2.47. The molecule has 0 aliphatic carbocycles. The fourth-order valence-electron chi connectivity index (χ4n) is 1.53. The first-order valence-electron chi connectivity index (χ1n) is 5.28. The van der Waals surface area contributed by atoms with Crippen LogP contribution in [-0.2, 0) is 0 Å². The van der Waals surface area contributed by atoms with Crippen molar-refractivity contribution < 1.29 is 23.6 Å². The number of aromatic nitrogens is 2. The van der Waals surface area contributed by atoms with Crippen LogP contribution in [0.25, 0.3) is 5.69 Å². The molecular formula is C11H5F2N3O5. The molecule has 21 heavy (non-hydrogen) atoms. The third-order valence-electron chi connectivity index (χ3n) is 2.47. The predicted molar refractivity (Wildman–Crippen MR) is 63.4 cm³/mol. The van der Waals surface area contributed by atoms with Crippen LogP contribution in [0.5, 0.6) is 0 Å². The van der Waals surface area contributed by atoms with Crippen LogP contribution < -0.4 is 5.43 Å². The highest BCUT2D eigenvalue weighted by Gasteiger charge is 2.20. The van der Waals surface area contributed by atoms with Crippen molar-refractivity contribution in [3.8, 4) is 5.69 Å². The second-order valence-electron chi connectivity index (χ2n) is 3.79. The van der Waals surface area contributed by atoms with E-state index in [1.165, 1.54) is 0 Å². The minimum atomic E-state index is -1.65. The fourth-order valence-corrected chi connectivity index (χ4v) is 1.53. The lowest BCUT2D eigenvalue weighted by atomic mass is 10.2. The number of halogens is 2. The zero-order valence-corrected chi connectivity index (χ0v) is 9.99. The summed E-state index contributed by atoms with van der Waals surface area (Å²) in [5.41, 5.74) is -3.39. The van der Waals surface area contributed by atoms with Crippen molar-refractivity contribution in [2.24, 2.45) is 0 Å². The maximum Gasteiger partial charge on any atom is 0.360 e. The molecule has 0 fully saturated rings. The second-order valence-corrected chi connectivity index (χ2v) is 3.79. The Hall–Kier alpha value is -3.17. The van der Waals surface area contributed by atoms with Crippen LogP contribution in [0.3, 0.4) is 0 Å². The number of nitro groups is 1. The normalized spacial score (nSPS) is 10.4. The molecule has 1 aromatic carbocycles. The van der Waals surface area contributed by atoms with Crippen molar-refractivity contribution in [3.05, 3.63) is 62.1 Å². The molecule has 10 heteroatoms. The zero-order chi connectivity index (χ0) is 15.7. The Bertz CT molecular complexity index is 818. The standard InChI is InChI=1S/C11H5F2N3O5/c12-5-3-6(13)8(16(20)21)4-7(5)15-2-1-9(17)10(14-15)11(18)19/h1-4H,(H,18,19). The van der Waals surface area contributed by atoms with Gasteiger partial charge in [-0.25, -0.2) is 13.9 Å². The Kier molecular flexibility index (Phi) is 3.44. The molecule has 2 rings (SSSR count). The average Bonchev–Trinajstić information content (AvgIpc) is 2.39. The van der Waals surface area contributed by atoms with Crippen LogP contribution in [0.1, 0.15) is 10.5 Å². The summed E-state index contributed by atoms with van der Waals surface area (Å²) in [6.07, 6.45) is 0.912. The van der Waals surface area contributed by atoms with Gasteiger partial charge >= 0.3 is 11.7 Å². The van der Waals surface area contributed by atoms with Crippen LogP contribution in [0.15, 0.2) is 29.2 Å². The van der Waals surface area contributed by atoms with Gasteiger partial charge in [-0.2, -0.15) is 9.49 Å². The van der Waals surface area contributed by atoms with Gasteiger partial charge in [0.2, 0.25) is 16.9 Å². The van der Waals surface area contributed by atoms with E-state index in [-0.39, 0.29) is 6.07 Å². The number of carboxylic acids is 1. The van der Waals surface area contributed by atoms with Crippen molar-refractivity contribution >= 4 is 11.7 Å². The molecule has 0 radical (unpaired) electrons. The van der Waals surface area contributed by atoms with Gasteiger partial charge in [-0.05, 0) is 0 Å². The molecule has 0 aliphatic heterocycles. The number of hydrogen-bond donors (Lipinski definition) is 1. The molecular weight excluding hydrogens is 292 g/mol. The maximum absolute atomic E-state index is 13.7. The first kappa shape index (κ1) is 14.2. The number of nitrogens with zero attached hydrogens (tertiary/aromatic N) is 3. The summed E-state index contributed by atoms with van der Waals surface area (Å²) in [6, 6.07) is 1.62. The first-order chi connectivity index (χ1) is 9.81. The highest BCUT2D eigenvalue weighted by molar-refractivity contribution is 5.84. The van der Waals surface area contributed by atoms with E-state index in [0.29, 0.717) is 10.7 Å². The van der Waals surface area contributed by atoms with E-state index in [9.17, 15) is 28.5 Å². The number of carbonyl (C=O) groups is 1. The summed E-state index contributed by atoms with van der Waals surface area (Å²) < 4.78 is 27.5. The number of benzene rings is 1. The molecule has 8 nitrogen and oxygen atoms in total. The van der Waals surface area contributed by atoms with Crippen LogP contribution in [0.2, 0.25) is 0 Å². The Morgan fingerprint density at radius 2 is 2.00 bits per heavy atom. The monoisotopic (exact) mass is 297 g/mol. The van der Waals surface area contributed by atoms with Gasteiger partial charge in [0.25, 0.3) is 0 Å². The summed E-state index contributed by atoms with van der Waals surface area (Å²) >= 11 is 0. The first-order valence-corrected chi connectivity index (χ1v) is 5.28. The largest absolute Gasteiger partial charge is 0.476 e. The Morgan fingerprint density at radius 3 is 2.57 bits per heavy atom. The fraction of sp³-hybridized carbons (Fsp3) is 0. The molecule has 0 atom stereocenters. The SMILES string of the molecule is O=C(O)c1nn(-c2cc([N+](=O)[O-])c(F)cc2F)ccc1=O. The third kappa shape index (κ3) is 2.59. The summed E-state index contributed by atoms with van der Waals surface area (Å²) in [7, 11) is 0. The Labute approximate surface area is 114 Å². The maximum atomic E-state index is 13.7. The highest BCUT2D eigenvalue weighted by Crippen LogP contribution is 2.23. The van der Waals surface area contributed by atoms with Crippen LogP contribution >= 0.6 is 0 Å². The van der Waals surface area contributed by atoms with Gasteiger partial charge in [0.05, 0.1) is 4.92 Å². The number of hydrogen-bond acceptors (Lipinski definition) is 5. The topological polar surface area (TPSA) is 115 Å². The predicted octanol–water partition coefficient (Wildman–Crippen LogP) is 1.12. The summed E-state index contributed by atoms with van der Waals surface area (Å²) in [4.78, 5) is 31.6. The summed E-state index contributed by atoms with van der Waals surface area (Å²) in [5, 5.41) is 22.7. The average molecular weight is 297 g/mol. The molecule has 108 valence electrons. The minimum absolute atomic E-state index is 0.272. The van der Waals surface area contributed by atoms with Crippen LogP contribution in [0.4, 0.5) is 14.5 Å². The van der Waals surface area contributed by atoms with E-state index in [2.05, 4.69) is 5.10 Å². The van der Waals surface area contributed by atoms with Crippen molar-refractivity contribution in [2.75, 3.05) is 0 Å². The number of nitro benzene ring substituents is 1. The lowest BCUT2D eigenvalue weighted by molar-refractivity contribution is -0.387. The quantitative estimate of drug-likeness (QED) is 0.670. The Morgan fingerprint density at radius 1 is 1.33 bits per heavy atom. The highest BCUT2D eigenvalue weighted by atomic mass is 19.1. The lowest BCUT2D eigenvalue weighted by Crippen LogP contribution is -2.20. The second kappa shape index (κ2) is 5.07. The van der Waals surface area contributed by atoms with Gasteiger partial charge in [0.1, 0.15) is 5.69 Å². The van der Waals surface area contributed by atoms with Crippen molar-refractivity contribution in [3.63, 3.8) is 0 Å². The van der Waals surface area contributed by atoms with E-state index >= 15 is 0 Å². The van der Waals surface area contributed by atoms with Crippen molar-refractivity contribution in [1.82, 2.24) is 9.78 Å². The molecule has 1 aromatic heterocycles. The van der Waals surface area contributed by atoms with Crippen molar-refractivity contribution in [1.29, 1.82) is 0 Å². The summed E-state index contributed by atoms with van der Waals surface area (Å²) in [5.74, 6) is -4.24. The molecule has 2 aromatic rings. The molecule has 0 saturated carbocycles. The van der Waals surface area contributed by atoms with Gasteiger partial charge in [0, 0.05) is 24.4 Å². The number of rotatable bonds is 3. The van der Waals surface area contributed by atoms with Crippen LogP contribution in [0, 0.1) is 21.7 Å². The van der Waals surface area contributed by atoms with Crippen molar-refractivity contribution in [2.45, 2.75) is 0 Å². The molecule has 0 amide bonds. The van der Waals surface area contributed by atoms with Gasteiger partial charge < -0.3 is 5.11 Å². The molecule has 0 aliphatic rings. The van der Waals surface area contributed by atoms with Gasteiger partial charge in [0.15, 0.2) is 5.82 Å². The molecule has 0 bridgehead atoms. The molecule has 0 unspecified atom stereocenters. The van der Waals surface area contributed by atoms with E-state index in [1.54, 1.807) is 0 Å². The van der Waals surface area contributed by atoms with E-state index in [4.69, 9.17) is 5.11 Å². The Balaban J connectivity index is 2.70. The van der Waals surface area contributed by atoms with E-state index < -0.39 is 45.0 Å². The summed E-state index contributed by atoms with van der Waals surface area (Å²) in [6.45, 7) is 0. The van der Waals surface area contributed by atoms with E-state index in [0.717, 1.165) is 12.3 Å². The number of carboxylic acid groups (broad SMARTS) is 1. The molecule has 0 spiro atoms. The van der Waals surface area contributed by atoms with E-state index in [1.807, 2.05) is 0 Å². The molecule has 1 N–H and O–H groups in total. The zero-order valence-electron chi connectivity index (χ0n) is 9.99. The van der Waals surface area contributed by atoms with Gasteiger partial charge in [-0.3, -0.25) is 14.9 Å². The van der Waals surface area contributed by atoms with Crippen LogP contribution in [-0.4, -0.2) is 25.8 Å². The number of aromatic carboxylic acids is 1. The molecule has 1 heterocycles.